The summed E-state index contributed by atoms with van der Waals surface area (Å²) in [5.41, 5.74) is 10.4. The van der Waals surface area contributed by atoms with Crippen molar-refractivity contribution >= 4 is 35.5 Å². The topological polar surface area (TPSA) is 93.1 Å². The molecule has 2 fully saturated rings. The molecule has 2 saturated carbocycles. The Balaban J connectivity index is 0.000000216. The lowest BCUT2D eigenvalue weighted by atomic mass is 9.75. The largest absolute Gasteiger partial charge is 0.497 e. The minimum Gasteiger partial charge on any atom is -0.497 e. The zero-order valence-electron chi connectivity index (χ0n) is 44.4. The van der Waals surface area contributed by atoms with Crippen molar-refractivity contribution in [1.82, 2.24) is 0 Å². The van der Waals surface area contributed by atoms with E-state index in [1.54, 1.807) is 62.0 Å². The average Bonchev–Trinajstić information content (AvgIpc) is 3.94. The van der Waals surface area contributed by atoms with Gasteiger partial charge in [-0.15, -0.1) is 23.5 Å². The third-order valence-corrected chi connectivity index (χ3v) is 17.9. The lowest BCUT2D eigenvalue weighted by Crippen LogP contribution is -2.16. The predicted octanol–water partition coefficient (Wildman–Crippen LogP) is 18.1. The number of halogens is 2. The van der Waals surface area contributed by atoms with Crippen molar-refractivity contribution in [2.24, 2.45) is 10.8 Å². The van der Waals surface area contributed by atoms with E-state index < -0.39 is 11.9 Å². The van der Waals surface area contributed by atoms with Gasteiger partial charge in [0.15, 0.2) is 0 Å². The summed E-state index contributed by atoms with van der Waals surface area (Å²) in [5, 5.41) is 18.5. The summed E-state index contributed by atoms with van der Waals surface area (Å²) in [6, 6.07) is 39.4. The Hall–Kier alpha value is -5.58. The van der Waals surface area contributed by atoms with E-state index in [2.05, 4.69) is 88.4 Å². The molecule has 0 aromatic heterocycles. The molecule has 0 radical (unpaired) electrons. The quantitative estimate of drug-likeness (QED) is 0.0731. The third-order valence-electron chi connectivity index (χ3n) is 15.7. The predicted molar refractivity (Wildman–Crippen MR) is 300 cm³/mol. The van der Waals surface area contributed by atoms with Crippen molar-refractivity contribution in [3.63, 3.8) is 0 Å². The number of carbonyl (C=O) groups is 2. The highest BCUT2D eigenvalue weighted by atomic mass is 32.2. The summed E-state index contributed by atoms with van der Waals surface area (Å²) < 4.78 is 40.9. The second-order valence-corrected chi connectivity index (χ2v) is 23.6. The monoisotopic (exact) mass is 1040 g/mol. The normalized spacial score (nSPS) is 17.5. The molecule has 4 atom stereocenters. The fraction of sp³-hybridized carbons (Fsp3) is 0.406. The van der Waals surface area contributed by atoms with E-state index in [9.17, 15) is 19.8 Å². The molecule has 8 rings (SSSR count). The number of hydrogen-bond acceptors (Lipinski definition) is 6. The minimum absolute atomic E-state index is 0.0197. The lowest BCUT2D eigenvalue weighted by molar-refractivity contribution is -0.138. The zero-order chi connectivity index (χ0) is 53.2. The molecular weight excluding hydrogens is 967 g/mol. The average molecular weight is 1040 g/mol. The molecule has 0 bridgehead atoms. The first-order chi connectivity index (χ1) is 35.4. The Morgan fingerprint density at radius 2 is 0.973 bits per heavy atom. The summed E-state index contributed by atoms with van der Waals surface area (Å²) in [6.07, 6.45) is 8.78. The fourth-order valence-electron chi connectivity index (χ4n) is 11.4. The molecular formula is C64H74F2O6S2. The number of hydrogen-bond donors (Lipinski definition) is 2. The number of benzene rings is 6. The maximum Gasteiger partial charge on any atom is 0.303 e. The fourth-order valence-corrected chi connectivity index (χ4v) is 13.2. The molecule has 0 amide bonds. The molecule has 6 nitrogen and oxygen atoms in total. The second-order valence-electron chi connectivity index (χ2n) is 21.5. The van der Waals surface area contributed by atoms with Crippen LogP contribution in [0.25, 0.3) is 22.3 Å². The molecule has 0 spiro atoms. The van der Waals surface area contributed by atoms with Gasteiger partial charge in [-0.25, -0.2) is 8.78 Å². The summed E-state index contributed by atoms with van der Waals surface area (Å²) in [7, 11) is 3.22. The maximum atomic E-state index is 15.0. The van der Waals surface area contributed by atoms with Crippen LogP contribution in [0.4, 0.5) is 8.78 Å². The van der Waals surface area contributed by atoms with Crippen molar-refractivity contribution in [2.75, 3.05) is 14.2 Å². The van der Waals surface area contributed by atoms with Crippen LogP contribution in [0, 0.1) is 22.5 Å². The van der Waals surface area contributed by atoms with Crippen molar-refractivity contribution in [2.45, 2.75) is 151 Å². The Kier molecular flexibility index (Phi) is 19.2. The van der Waals surface area contributed by atoms with Crippen LogP contribution in [-0.2, 0) is 21.1 Å². The van der Waals surface area contributed by atoms with Gasteiger partial charge in [0.1, 0.15) is 23.1 Å². The number of carboxylic acid groups (broad SMARTS) is 2. The SMILES string of the molecule is CC[C@@H](CC(=O)O)c1cccc(SCc2ccc(-c3cc(OC)ccc3F)c([C@@H]3CCCC3(C)C)c2)c1.CC[C@@H](CC(=O)O)c1cccc(SCc2ccc(-c3cc(OC)ccc3F)c([C@H]3CCCC3(C)C)c2)c1. The Morgan fingerprint density at radius 3 is 1.31 bits per heavy atom. The summed E-state index contributed by atoms with van der Waals surface area (Å²) >= 11 is 3.51. The van der Waals surface area contributed by atoms with Crippen LogP contribution >= 0.6 is 23.5 Å². The van der Waals surface area contributed by atoms with Gasteiger partial charge in [0.2, 0.25) is 0 Å². The molecule has 2 aliphatic carbocycles. The van der Waals surface area contributed by atoms with Crippen LogP contribution in [0.1, 0.15) is 163 Å². The summed E-state index contributed by atoms with van der Waals surface area (Å²) in [5.74, 6) is 1.66. The Labute approximate surface area is 447 Å². The van der Waals surface area contributed by atoms with Crippen LogP contribution in [0.5, 0.6) is 11.5 Å². The van der Waals surface area contributed by atoms with Gasteiger partial charge in [-0.1, -0.05) is 115 Å². The van der Waals surface area contributed by atoms with Crippen LogP contribution in [0.3, 0.4) is 0 Å². The van der Waals surface area contributed by atoms with Crippen molar-refractivity contribution in [1.29, 1.82) is 0 Å². The smallest absolute Gasteiger partial charge is 0.303 e. The van der Waals surface area contributed by atoms with E-state index in [0.717, 1.165) is 69.2 Å². The molecule has 74 heavy (non-hydrogen) atoms. The molecule has 0 aliphatic heterocycles. The Morgan fingerprint density at radius 1 is 0.568 bits per heavy atom. The molecule has 10 heteroatoms. The van der Waals surface area contributed by atoms with Crippen molar-refractivity contribution < 1.29 is 38.1 Å². The lowest BCUT2D eigenvalue weighted by Gasteiger charge is -2.30. The van der Waals surface area contributed by atoms with Gasteiger partial charge in [-0.05, 0) is 178 Å². The molecule has 0 unspecified atom stereocenters. The van der Waals surface area contributed by atoms with Crippen molar-refractivity contribution in [3.8, 4) is 33.8 Å². The van der Waals surface area contributed by atoms with Crippen LogP contribution in [0.15, 0.2) is 131 Å². The van der Waals surface area contributed by atoms with Gasteiger partial charge < -0.3 is 19.7 Å². The van der Waals surface area contributed by atoms with Gasteiger partial charge >= 0.3 is 11.9 Å². The van der Waals surface area contributed by atoms with E-state index in [4.69, 9.17) is 9.47 Å². The van der Waals surface area contributed by atoms with E-state index in [1.807, 2.05) is 38.1 Å². The van der Waals surface area contributed by atoms with Crippen LogP contribution in [-0.4, -0.2) is 36.4 Å². The van der Waals surface area contributed by atoms with E-state index >= 15 is 8.78 Å². The highest BCUT2D eigenvalue weighted by Crippen LogP contribution is 2.53. The number of ether oxygens (including phenoxy) is 2. The standard InChI is InChI=1S/2C32H37FO3S/c2*1-5-22(18-31(34)35)23-8-6-9-25(17-23)37-20-21-11-13-26(28-19-24(36-4)12-14-30(28)33)27(16-21)29-10-7-15-32(29,2)3/h2*6,8-9,11-14,16-17,19,22,29H,5,7,10,15,18,20H2,1-4H3,(H,34,35)/t22-,29+;22-,29-/m00/s1. The number of rotatable bonds is 20. The number of aliphatic carboxylic acids is 2. The van der Waals surface area contributed by atoms with Crippen LogP contribution in [0.2, 0.25) is 0 Å². The van der Waals surface area contributed by atoms with Gasteiger partial charge in [-0.2, -0.15) is 0 Å². The first-order valence-electron chi connectivity index (χ1n) is 26.3. The molecule has 0 saturated heterocycles. The molecule has 2 N–H and O–H groups in total. The number of methoxy groups -OCH3 is 2. The number of thioether (sulfide) groups is 2. The number of carboxylic acids is 2. The highest BCUT2D eigenvalue weighted by molar-refractivity contribution is 7.98. The first-order valence-corrected chi connectivity index (χ1v) is 28.2. The van der Waals surface area contributed by atoms with E-state index in [1.165, 1.54) is 60.1 Å². The van der Waals surface area contributed by atoms with E-state index in [-0.39, 0.29) is 47.1 Å². The summed E-state index contributed by atoms with van der Waals surface area (Å²) in [4.78, 5) is 24.8. The molecule has 0 heterocycles. The highest BCUT2D eigenvalue weighted by Gasteiger charge is 2.38. The van der Waals surface area contributed by atoms with Crippen LogP contribution < -0.4 is 9.47 Å². The second kappa shape index (κ2) is 25.3. The Bertz CT molecular complexity index is 2700. The van der Waals surface area contributed by atoms with Crippen molar-refractivity contribution in [3.05, 3.63) is 166 Å². The third kappa shape index (κ3) is 14.0. The van der Waals surface area contributed by atoms with Gasteiger partial charge in [0.25, 0.3) is 0 Å². The van der Waals surface area contributed by atoms with E-state index in [0.29, 0.717) is 34.5 Å². The zero-order valence-corrected chi connectivity index (χ0v) is 46.1. The molecule has 2 aliphatic rings. The molecule has 6 aromatic carbocycles. The molecule has 392 valence electrons. The first kappa shape index (κ1) is 56.2. The van der Waals surface area contributed by atoms with Gasteiger partial charge in [0.05, 0.1) is 27.1 Å². The maximum absolute atomic E-state index is 15.0. The summed E-state index contributed by atoms with van der Waals surface area (Å²) in [6.45, 7) is 13.4. The van der Waals surface area contributed by atoms with Gasteiger partial charge in [0, 0.05) is 32.4 Å². The van der Waals surface area contributed by atoms with Gasteiger partial charge in [-0.3, -0.25) is 9.59 Å². The molecule has 6 aromatic rings. The minimum atomic E-state index is -0.764.